The fourth-order valence-electron chi connectivity index (χ4n) is 4.62. The van der Waals surface area contributed by atoms with Gasteiger partial charge in [-0.05, 0) is 53.6 Å². The van der Waals surface area contributed by atoms with Crippen LogP contribution in [0.4, 0.5) is 5.69 Å². The van der Waals surface area contributed by atoms with E-state index in [4.69, 9.17) is 4.74 Å². The zero-order chi connectivity index (χ0) is 23.7. The molecule has 0 saturated carbocycles. The van der Waals surface area contributed by atoms with Gasteiger partial charge in [-0.1, -0.05) is 44.2 Å². The van der Waals surface area contributed by atoms with Crippen LogP contribution in [0.1, 0.15) is 52.2 Å². The number of carbonyl (C=O) groups is 2. The molecular formula is C27H30N2O3S. The highest BCUT2D eigenvalue weighted by Crippen LogP contribution is 2.46. The molecule has 0 unspecified atom stereocenters. The second kappa shape index (κ2) is 9.40. The lowest BCUT2D eigenvalue weighted by atomic mass is 9.80. The van der Waals surface area contributed by atoms with Crippen molar-refractivity contribution in [2.75, 3.05) is 25.6 Å². The molecule has 0 aliphatic carbocycles. The Hall–Kier alpha value is -3.12. The molecule has 2 heterocycles. The van der Waals surface area contributed by atoms with Crippen molar-refractivity contribution in [1.82, 2.24) is 4.90 Å². The first-order chi connectivity index (χ1) is 15.8. The summed E-state index contributed by atoms with van der Waals surface area (Å²) in [6, 6.07) is 17.0. The number of benzene rings is 2. The van der Waals surface area contributed by atoms with E-state index in [-0.39, 0.29) is 23.8 Å². The zero-order valence-corrected chi connectivity index (χ0v) is 20.6. The van der Waals surface area contributed by atoms with Crippen LogP contribution in [-0.2, 0) is 4.79 Å². The molecule has 5 nitrogen and oxygen atoms in total. The maximum absolute atomic E-state index is 14.2. The maximum atomic E-state index is 14.2. The Bertz CT molecular complexity index is 1160. The molecule has 0 fully saturated rings. The molecule has 6 heteroatoms. The number of likely N-dealkylation sites (N-methyl/N-ethyl adjacent to an activating group) is 1. The average molecular weight is 463 g/mol. The summed E-state index contributed by atoms with van der Waals surface area (Å²) in [6.45, 7) is 6.77. The van der Waals surface area contributed by atoms with Crippen molar-refractivity contribution in [3.05, 3.63) is 81.5 Å². The predicted molar refractivity (Wildman–Crippen MR) is 133 cm³/mol. The van der Waals surface area contributed by atoms with Gasteiger partial charge >= 0.3 is 0 Å². The van der Waals surface area contributed by atoms with E-state index in [1.165, 1.54) is 0 Å². The molecule has 1 aliphatic rings. The van der Waals surface area contributed by atoms with Gasteiger partial charge in [0, 0.05) is 24.0 Å². The summed E-state index contributed by atoms with van der Waals surface area (Å²) < 4.78 is 5.56. The van der Waals surface area contributed by atoms with E-state index in [0.29, 0.717) is 17.9 Å². The summed E-state index contributed by atoms with van der Waals surface area (Å²) in [5.74, 6) is 0.311. The molecule has 0 bridgehead atoms. The van der Waals surface area contributed by atoms with Gasteiger partial charge in [-0.3, -0.25) is 9.59 Å². The lowest BCUT2D eigenvalue weighted by molar-refractivity contribution is -0.121. The molecule has 2 atom stereocenters. The minimum absolute atomic E-state index is 0.0162. The van der Waals surface area contributed by atoms with Crippen molar-refractivity contribution in [2.45, 2.75) is 32.7 Å². The number of nitrogens with zero attached hydrogens (tertiary/aromatic N) is 2. The fraction of sp³-hybridized carbons (Fsp3) is 0.333. The van der Waals surface area contributed by atoms with Crippen molar-refractivity contribution in [3.63, 3.8) is 0 Å². The first-order valence-corrected chi connectivity index (χ1v) is 12.1. The number of methoxy groups -OCH3 is 1. The van der Waals surface area contributed by atoms with E-state index < -0.39 is 5.92 Å². The molecule has 33 heavy (non-hydrogen) atoms. The molecule has 0 radical (unpaired) electrons. The summed E-state index contributed by atoms with van der Waals surface area (Å²) >= 11 is 1.59. The largest absolute Gasteiger partial charge is 0.495 e. The van der Waals surface area contributed by atoms with Crippen LogP contribution in [0.2, 0.25) is 0 Å². The number of hydrogen-bond acceptors (Lipinski definition) is 4. The Balaban J connectivity index is 1.88. The van der Waals surface area contributed by atoms with Gasteiger partial charge in [-0.15, -0.1) is 11.3 Å². The van der Waals surface area contributed by atoms with E-state index in [0.717, 1.165) is 21.7 Å². The number of amides is 2. The third-order valence-corrected chi connectivity index (χ3v) is 7.07. The molecule has 0 N–H and O–H groups in total. The lowest BCUT2D eigenvalue weighted by Crippen LogP contribution is -2.48. The number of aryl methyl sites for hydroxylation is 1. The minimum atomic E-state index is -0.522. The third-order valence-electron chi connectivity index (χ3n) is 6.13. The zero-order valence-electron chi connectivity index (χ0n) is 19.7. The Morgan fingerprint density at radius 1 is 1.15 bits per heavy atom. The first kappa shape index (κ1) is 23.1. The predicted octanol–water partition coefficient (Wildman–Crippen LogP) is 5.66. The van der Waals surface area contributed by atoms with Crippen LogP contribution < -0.4 is 9.64 Å². The molecule has 1 aromatic heterocycles. The quantitative estimate of drug-likeness (QED) is 0.475. The summed E-state index contributed by atoms with van der Waals surface area (Å²) in [5, 5.41) is 2.00. The van der Waals surface area contributed by atoms with Gasteiger partial charge < -0.3 is 14.5 Å². The lowest BCUT2D eigenvalue weighted by Gasteiger charge is -2.43. The number of fused-ring (bicyclic) bond motifs is 1. The topological polar surface area (TPSA) is 49.9 Å². The van der Waals surface area contributed by atoms with E-state index in [1.54, 1.807) is 30.4 Å². The number of hydrogen-bond donors (Lipinski definition) is 0. The highest BCUT2D eigenvalue weighted by atomic mass is 32.1. The number of anilines is 1. The Morgan fingerprint density at radius 3 is 2.58 bits per heavy atom. The molecule has 4 rings (SSSR count). The van der Waals surface area contributed by atoms with Gasteiger partial charge in [0.2, 0.25) is 5.91 Å². The Morgan fingerprint density at radius 2 is 1.91 bits per heavy atom. The monoisotopic (exact) mass is 462 g/mol. The van der Waals surface area contributed by atoms with Crippen LogP contribution in [0, 0.1) is 12.8 Å². The summed E-state index contributed by atoms with van der Waals surface area (Å²) in [5.41, 5.74) is 3.15. The van der Waals surface area contributed by atoms with Crippen LogP contribution in [-0.4, -0.2) is 37.4 Å². The van der Waals surface area contributed by atoms with Crippen molar-refractivity contribution in [1.29, 1.82) is 0 Å². The second-order valence-electron chi connectivity index (χ2n) is 8.95. The van der Waals surface area contributed by atoms with E-state index in [9.17, 15) is 9.59 Å². The van der Waals surface area contributed by atoms with E-state index >= 15 is 0 Å². The molecule has 172 valence electrons. The van der Waals surface area contributed by atoms with Crippen molar-refractivity contribution < 1.29 is 14.3 Å². The van der Waals surface area contributed by atoms with Crippen molar-refractivity contribution in [3.8, 4) is 5.75 Å². The van der Waals surface area contributed by atoms with E-state index in [2.05, 4.69) is 13.8 Å². The normalized spacial score (nSPS) is 17.8. The standard InChI is InChI=1S/C27H30N2O3S/c1-17(2)16-29-25(23-11-8-14-33-23)24(19-9-6-7-10-20(19)26(29)30)27(31)28(4)21-15-18(3)12-13-22(21)32-5/h6-15,17,24-25H,16H2,1-5H3/t24-,25-/m0/s1. The first-order valence-electron chi connectivity index (χ1n) is 11.2. The van der Waals surface area contributed by atoms with Crippen LogP contribution >= 0.6 is 11.3 Å². The highest BCUT2D eigenvalue weighted by molar-refractivity contribution is 7.10. The molecule has 3 aromatic rings. The fourth-order valence-corrected chi connectivity index (χ4v) is 5.49. The molecule has 0 spiro atoms. The van der Waals surface area contributed by atoms with E-state index in [1.807, 2.05) is 71.8 Å². The van der Waals surface area contributed by atoms with Gasteiger partial charge in [0.15, 0.2) is 0 Å². The molecule has 1 aliphatic heterocycles. The molecule has 2 amide bonds. The van der Waals surface area contributed by atoms with Crippen molar-refractivity contribution >= 4 is 28.8 Å². The Labute approximate surface area is 199 Å². The van der Waals surface area contributed by atoms with Crippen LogP contribution in [0.5, 0.6) is 5.75 Å². The highest BCUT2D eigenvalue weighted by Gasteiger charge is 2.45. The van der Waals surface area contributed by atoms with Gasteiger partial charge in [-0.2, -0.15) is 0 Å². The van der Waals surface area contributed by atoms with Gasteiger partial charge in [-0.25, -0.2) is 0 Å². The average Bonchev–Trinajstić information content (AvgIpc) is 3.34. The van der Waals surface area contributed by atoms with Gasteiger partial charge in [0.05, 0.1) is 24.8 Å². The number of thiophene rings is 1. The number of rotatable bonds is 6. The maximum Gasteiger partial charge on any atom is 0.254 e. The van der Waals surface area contributed by atoms with Crippen LogP contribution in [0.15, 0.2) is 60.0 Å². The van der Waals surface area contributed by atoms with Gasteiger partial charge in [0.25, 0.3) is 5.91 Å². The minimum Gasteiger partial charge on any atom is -0.495 e. The van der Waals surface area contributed by atoms with Crippen molar-refractivity contribution in [2.24, 2.45) is 5.92 Å². The van der Waals surface area contributed by atoms with Gasteiger partial charge in [0.1, 0.15) is 5.75 Å². The number of carbonyl (C=O) groups excluding carboxylic acids is 2. The Kier molecular flexibility index (Phi) is 6.56. The smallest absolute Gasteiger partial charge is 0.254 e. The summed E-state index contributed by atoms with van der Waals surface area (Å²) in [6.07, 6.45) is 0. The molecule has 0 saturated heterocycles. The molecule has 2 aromatic carbocycles. The second-order valence-corrected chi connectivity index (χ2v) is 9.93. The van der Waals surface area contributed by atoms with Crippen LogP contribution in [0.25, 0.3) is 0 Å². The van der Waals surface area contributed by atoms with Crippen LogP contribution in [0.3, 0.4) is 0 Å². The number of ether oxygens (including phenoxy) is 1. The third kappa shape index (κ3) is 4.27. The SMILES string of the molecule is COc1ccc(C)cc1N(C)C(=O)[C@H]1c2ccccc2C(=O)N(CC(C)C)[C@H]1c1cccs1. The molecular weight excluding hydrogens is 432 g/mol. The summed E-state index contributed by atoms with van der Waals surface area (Å²) in [4.78, 5) is 32.4. The summed E-state index contributed by atoms with van der Waals surface area (Å²) in [7, 11) is 3.40.